The van der Waals surface area contributed by atoms with E-state index in [-0.39, 0.29) is 5.70 Å². The highest BCUT2D eigenvalue weighted by Crippen LogP contribution is 2.25. The molecule has 0 bridgehead atoms. The Balaban J connectivity index is 1.64. The molecule has 122 valence electrons. The molecule has 0 spiro atoms. The zero-order valence-electron chi connectivity index (χ0n) is 12.5. The summed E-state index contributed by atoms with van der Waals surface area (Å²) in [5.74, 6) is 0.604. The monoisotopic (exact) mass is 361 g/mol. The highest BCUT2D eigenvalue weighted by atomic mass is 35.5. The van der Waals surface area contributed by atoms with Crippen molar-refractivity contribution < 1.29 is 14.3 Å². The first-order valence-corrected chi connectivity index (χ1v) is 8.02. The van der Waals surface area contributed by atoms with Gasteiger partial charge in [0.05, 0.1) is 23.1 Å². The summed E-state index contributed by atoms with van der Waals surface area (Å²) in [7, 11) is 0. The van der Waals surface area contributed by atoms with Gasteiger partial charge in [-0.1, -0.05) is 47.5 Å². The van der Waals surface area contributed by atoms with Crippen molar-refractivity contribution in [3.8, 4) is 5.75 Å². The van der Waals surface area contributed by atoms with E-state index < -0.39 is 5.97 Å². The minimum atomic E-state index is -0.490. The molecule has 0 atom stereocenters. The third-order valence-corrected chi connectivity index (χ3v) is 3.98. The summed E-state index contributed by atoms with van der Waals surface area (Å²) >= 11 is 11.8. The Morgan fingerprint density at radius 3 is 2.62 bits per heavy atom. The lowest BCUT2D eigenvalue weighted by Crippen LogP contribution is -2.08. The Labute approximate surface area is 149 Å². The molecule has 1 aliphatic rings. The van der Waals surface area contributed by atoms with E-state index in [1.807, 2.05) is 30.3 Å². The predicted octanol–water partition coefficient (Wildman–Crippen LogP) is 4.76. The lowest BCUT2D eigenvalue weighted by molar-refractivity contribution is -0.130. The van der Waals surface area contributed by atoms with Crippen molar-refractivity contribution in [3.63, 3.8) is 0 Å². The fraction of sp³-hybridized carbons (Fsp3) is 0.111. The molecule has 0 unspecified atom stereocenters. The van der Waals surface area contributed by atoms with Crippen LogP contribution in [0.25, 0.3) is 6.08 Å². The van der Waals surface area contributed by atoms with Gasteiger partial charge in [-0.2, -0.15) is 0 Å². The molecule has 6 heteroatoms. The van der Waals surface area contributed by atoms with E-state index >= 15 is 0 Å². The average Bonchev–Trinajstić information content (AvgIpc) is 2.92. The second-order valence-corrected chi connectivity index (χ2v) is 5.82. The van der Waals surface area contributed by atoms with Crippen molar-refractivity contribution in [2.45, 2.75) is 6.42 Å². The van der Waals surface area contributed by atoms with Gasteiger partial charge in [-0.3, -0.25) is 0 Å². The van der Waals surface area contributed by atoms with Gasteiger partial charge in [0.15, 0.2) is 5.70 Å². The van der Waals surface area contributed by atoms with Crippen LogP contribution in [0.1, 0.15) is 12.0 Å². The summed E-state index contributed by atoms with van der Waals surface area (Å²) in [5.41, 5.74) is 0.949. The quantitative estimate of drug-likeness (QED) is 0.569. The standard InChI is InChI=1S/C18H13Cl2NO3/c19-14-7-6-12(10-15(14)20)11-16-18(22)24-17(21-16)8-9-23-13-4-2-1-3-5-13/h1-7,10-11H,8-9H2/b16-11+. The second-order valence-electron chi connectivity index (χ2n) is 5.01. The second kappa shape index (κ2) is 7.51. The number of para-hydroxylation sites is 1. The van der Waals surface area contributed by atoms with Crippen LogP contribution in [0, 0.1) is 0 Å². The van der Waals surface area contributed by atoms with Gasteiger partial charge in [-0.25, -0.2) is 9.79 Å². The van der Waals surface area contributed by atoms with Gasteiger partial charge in [-0.15, -0.1) is 0 Å². The van der Waals surface area contributed by atoms with Gasteiger partial charge < -0.3 is 9.47 Å². The van der Waals surface area contributed by atoms with Crippen molar-refractivity contribution in [2.24, 2.45) is 4.99 Å². The minimum Gasteiger partial charge on any atom is -0.493 e. The van der Waals surface area contributed by atoms with Gasteiger partial charge in [0.25, 0.3) is 0 Å². The van der Waals surface area contributed by atoms with E-state index in [1.165, 1.54) is 0 Å². The molecular formula is C18H13Cl2NO3. The number of hydrogen-bond acceptors (Lipinski definition) is 4. The number of carbonyl (C=O) groups is 1. The van der Waals surface area contributed by atoms with E-state index in [1.54, 1.807) is 24.3 Å². The van der Waals surface area contributed by atoms with Crippen LogP contribution < -0.4 is 4.74 Å². The normalized spacial score (nSPS) is 15.3. The summed E-state index contributed by atoms with van der Waals surface area (Å²) in [6.45, 7) is 0.371. The first kappa shape index (κ1) is 16.6. The topological polar surface area (TPSA) is 47.9 Å². The zero-order valence-corrected chi connectivity index (χ0v) is 14.1. The number of benzene rings is 2. The maximum absolute atomic E-state index is 11.9. The molecule has 1 aliphatic heterocycles. The first-order chi connectivity index (χ1) is 11.6. The summed E-state index contributed by atoms with van der Waals surface area (Å²) in [6, 6.07) is 14.5. The van der Waals surface area contributed by atoms with Crippen LogP contribution in [0.4, 0.5) is 0 Å². The van der Waals surface area contributed by atoms with Crippen LogP contribution in [0.5, 0.6) is 5.75 Å². The maximum Gasteiger partial charge on any atom is 0.363 e. The molecule has 0 fully saturated rings. The number of halogens is 2. The van der Waals surface area contributed by atoms with E-state index in [4.69, 9.17) is 32.7 Å². The summed E-state index contributed by atoms with van der Waals surface area (Å²) < 4.78 is 10.7. The molecular weight excluding hydrogens is 349 g/mol. The van der Waals surface area contributed by atoms with E-state index in [0.717, 1.165) is 11.3 Å². The number of esters is 1. The molecule has 0 N–H and O–H groups in total. The fourth-order valence-electron chi connectivity index (χ4n) is 2.09. The van der Waals surface area contributed by atoms with Crippen molar-refractivity contribution in [1.82, 2.24) is 0 Å². The molecule has 0 saturated carbocycles. The van der Waals surface area contributed by atoms with E-state index in [0.29, 0.717) is 29.0 Å². The van der Waals surface area contributed by atoms with E-state index in [9.17, 15) is 4.79 Å². The number of ether oxygens (including phenoxy) is 2. The predicted molar refractivity (Wildman–Crippen MR) is 94.5 cm³/mol. The molecule has 0 amide bonds. The number of carbonyl (C=O) groups excluding carboxylic acids is 1. The van der Waals surface area contributed by atoms with Crippen molar-refractivity contribution in [3.05, 3.63) is 69.8 Å². The van der Waals surface area contributed by atoms with Gasteiger partial charge in [0, 0.05) is 0 Å². The van der Waals surface area contributed by atoms with Crippen LogP contribution in [0.3, 0.4) is 0 Å². The highest BCUT2D eigenvalue weighted by Gasteiger charge is 2.22. The van der Waals surface area contributed by atoms with Crippen LogP contribution in [-0.4, -0.2) is 18.5 Å². The molecule has 0 aliphatic carbocycles. The number of aliphatic imine (C=N–C) groups is 1. The van der Waals surface area contributed by atoms with Gasteiger partial charge in [0.1, 0.15) is 5.75 Å². The minimum absolute atomic E-state index is 0.225. The molecule has 1 heterocycles. The highest BCUT2D eigenvalue weighted by molar-refractivity contribution is 6.42. The summed E-state index contributed by atoms with van der Waals surface area (Å²) in [6.07, 6.45) is 2.01. The zero-order chi connectivity index (χ0) is 16.9. The Morgan fingerprint density at radius 1 is 1.08 bits per heavy atom. The third-order valence-electron chi connectivity index (χ3n) is 3.24. The Kier molecular flexibility index (Phi) is 5.18. The van der Waals surface area contributed by atoms with Crippen LogP contribution >= 0.6 is 23.2 Å². The van der Waals surface area contributed by atoms with Gasteiger partial charge in [0.2, 0.25) is 5.90 Å². The van der Waals surface area contributed by atoms with Crippen molar-refractivity contribution >= 4 is 41.1 Å². The Bertz CT molecular complexity index is 816. The van der Waals surface area contributed by atoms with Gasteiger partial charge in [-0.05, 0) is 35.9 Å². The maximum atomic E-state index is 11.9. The molecule has 24 heavy (non-hydrogen) atoms. The number of rotatable bonds is 5. The molecule has 2 aromatic rings. The molecule has 4 nitrogen and oxygen atoms in total. The summed E-state index contributed by atoms with van der Waals surface area (Å²) in [4.78, 5) is 16.1. The molecule has 0 aromatic heterocycles. The van der Waals surface area contributed by atoms with Gasteiger partial charge >= 0.3 is 5.97 Å². The fourth-order valence-corrected chi connectivity index (χ4v) is 2.40. The summed E-state index contributed by atoms with van der Waals surface area (Å²) in [5, 5.41) is 0.868. The SMILES string of the molecule is O=C1OC(CCOc2ccccc2)=N/C1=C/c1ccc(Cl)c(Cl)c1. The molecule has 0 saturated heterocycles. The number of hydrogen-bond donors (Lipinski definition) is 0. The lowest BCUT2D eigenvalue weighted by Gasteiger charge is -2.04. The lowest BCUT2D eigenvalue weighted by atomic mass is 10.2. The van der Waals surface area contributed by atoms with Crippen LogP contribution in [0.2, 0.25) is 10.0 Å². The van der Waals surface area contributed by atoms with E-state index in [2.05, 4.69) is 4.99 Å². The van der Waals surface area contributed by atoms with Crippen molar-refractivity contribution in [1.29, 1.82) is 0 Å². The largest absolute Gasteiger partial charge is 0.493 e. The van der Waals surface area contributed by atoms with Crippen molar-refractivity contribution in [2.75, 3.05) is 6.61 Å². The average molecular weight is 362 g/mol. The third kappa shape index (κ3) is 4.16. The number of nitrogens with zero attached hydrogens (tertiary/aromatic N) is 1. The molecule has 0 radical (unpaired) electrons. The molecule has 2 aromatic carbocycles. The first-order valence-electron chi connectivity index (χ1n) is 7.26. The van der Waals surface area contributed by atoms with Crippen LogP contribution in [0.15, 0.2) is 59.2 Å². The Morgan fingerprint density at radius 2 is 1.88 bits per heavy atom. The Hall–Kier alpha value is -2.30. The number of cyclic esters (lactones) is 1. The van der Waals surface area contributed by atoms with Crippen LogP contribution in [-0.2, 0) is 9.53 Å². The smallest absolute Gasteiger partial charge is 0.363 e. The molecule has 3 rings (SSSR count).